The van der Waals surface area contributed by atoms with Crippen molar-refractivity contribution in [3.05, 3.63) is 95.0 Å². The number of esters is 1. The molecule has 5 nitrogen and oxygen atoms in total. The molecule has 2 heterocycles. The van der Waals surface area contributed by atoms with Crippen LogP contribution >= 0.6 is 23.1 Å². The SMILES string of the molecule is CCCCCCCCOC(=O)CCN1\C(=C/C=C/C=C/C=C/c2sc3ccccc3[n+]2CCC[N+](CC)(CC)CC)Sc2ccccc21. The molecular formula is C41H57N3O2S2+2. The van der Waals surface area contributed by atoms with Gasteiger partial charge in [-0.1, -0.05) is 117 Å². The molecule has 258 valence electrons. The maximum absolute atomic E-state index is 12.5. The van der Waals surface area contributed by atoms with Gasteiger partial charge in [0, 0.05) is 23.6 Å². The summed E-state index contributed by atoms with van der Waals surface area (Å²) < 4.78 is 10.6. The number of quaternary nitrogens is 1. The summed E-state index contributed by atoms with van der Waals surface area (Å²) >= 11 is 3.61. The molecule has 48 heavy (non-hydrogen) atoms. The quantitative estimate of drug-likeness (QED) is 0.0367. The Balaban J connectivity index is 1.32. The Labute approximate surface area is 298 Å². The number of thioether (sulfide) groups is 1. The summed E-state index contributed by atoms with van der Waals surface area (Å²) in [5.74, 6) is -0.113. The summed E-state index contributed by atoms with van der Waals surface area (Å²) in [5.41, 5.74) is 2.48. The zero-order valence-corrected chi connectivity index (χ0v) is 31.4. The van der Waals surface area contributed by atoms with Crippen molar-refractivity contribution in [1.82, 2.24) is 0 Å². The highest BCUT2D eigenvalue weighted by Gasteiger charge is 2.25. The second kappa shape index (κ2) is 20.4. The van der Waals surface area contributed by atoms with Crippen molar-refractivity contribution in [1.29, 1.82) is 0 Å². The van der Waals surface area contributed by atoms with Gasteiger partial charge in [-0.15, -0.1) is 0 Å². The predicted molar refractivity (Wildman–Crippen MR) is 207 cm³/mol. The monoisotopic (exact) mass is 687 g/mol. The van der Waals surface area contributed by atoms with E-state index in [1.54, 1.807) is 11.8 Å². The van der Waals surface area contributed by atoms with E-state index in [0.29, 0.717) is 19.6 Å². The van der Waals surface area contributed by atoms with Crippen LogP contribution in [0.4, 0.5) is 5.69 Å². The number of carbonyl (C=O) groups is 1. The van der Waals surface area contributed by atoms with Crippen LogP contribution < -0.4 is 9.47 Å². The zero-order chi connectivity index (χ0) is 34.0. The molecule has 0 saturated carbocycles. The Morgan fingerprint density at radius 3 is 2.35 bits per heavy atom. The van der Waals surface area contributed by atoms with Crippen molar-refractivity contribution in [3.63, 3.8) is 0 Å². The van der Waals surface area contributed by atoms with E-state index in [4.69, 9.17) is 4.74 Å². The number of thiazole rings is 1. The lowest BCUT2D eigenvalue weighted by molar-refractivity contribution is -0.925. The molecule has 2 aromatic carbocycles. The maximum atomic E-state index is 12.5. The lowest BCUT2D eigenvalue weighted by atomic mass is 10.1. The van der Waals surface area contributed by atoms with Crippen molar-refractivity contribution in [2.75, 3.05) is 44.2 Å². The number of para-hydroxylation sites is 2. The molecule has 0 saturated heterocycles. The van der Waals surface area contributed by atoms with E-state index in [0.717, 1.165) is 30.1 Å². The molecule has 3 aromatic rings. The highest BCUT2D eigenvalue weighted by molar-refractivity contribution is 8.03. The number of rotatable bonds is 21. The van der Waals surface area contributed by atoms with E-state index in [9.17, 15) is 4.79 Å². The molecule has 0 amide bonds. The number of carbonyl (C=O) groups excluding carboxylic acids is 1. The Hall–Kier alpha value is -3.13. The molecule has 0 atom stereocenters. The van der Waals surface area contributed by atoms with E-state index in [1.807, 2.05) is 11.3 Å². The third-order valence-electron chi connectivity index (χ3n) is 9.52. The van der Waals surface area contributed by atoms with Gasteiger partial charge in [0.05, 0.1) is 56.3 Å². The normalized spacial score (nSPS) is 14.4. The molecule has 4 rings (SSSR count). The van der Waals surface area contributed by atoms with Crippen molar-refractivity contribution in [2.45, 2.75) is 90.5 Å². The standard InChI is InChI=1S/C41H57N3O2S2/c1-5-9-10-11-15-22-34-46-41(45)30-32-43-36-25-19-21-27-38(36)48-40(43)29-17-14-12-13-16-28-39-42(35-24-18-20-26-37(35)47-39)31-23-33-44(6-2,7-3)8-4/h12-14,16-21,24-29H,5-11,15,22-23,30-34H2,1-4H3/q+2. The van der Waals surface area contributed by atoms with Crippen LogP contribution in [0.5, 0.6) is 0 Å². The van der Waals surface area contributed by atoms with Crippen molar-refractivity contribution >= 4 is 51.0 Å². The molecule has 0 spiro atoms. The van der Waals surface area contributed by atoms with E-state index in [2.05, 4.69) is 128 Å². The molecule has 7 heteroatoms. The van der Waals surface area contributed by atoms with Crippen LogP contribution in [0, 0.1) is 0 Å². The van der Waals surface area contributed by atoms with Gasteiger partial charge in [0.1, 0.15) is 4.70 Å². The first-order chi connectivity index (χ1) is 23.5. The van der Waals surface area contributed by atoms with E-state index < -0.39 is 0 Å². The van der Waals surface area contributed by atoms with Crippen LogP contribution in [0.25, 0.3) is 16.3 Å². The van der Waals surface area contributed by atoms with Crippen LogP contribution in [0.1, 0.15) is 84.1 Å². The topological polar surface area (TPSA) is 33.4 Å². The van der Waals surface area contributed by atoms with Gasteiger partial charge in [0.15, 0.2) is 6.54 Å². The van der Waals surface area contributed by atoms with Gasteiger partial charge in [-0.2, -0.15) is 4.57 Å². The van der Waals surface area contributed by atoms with Crippen LogP contribution in [-0.2, 0) is 16.1 Å². The van der Waals surface area contributed by atoms with Gasteiger partial charge in [-0.3, -0.25) is 4.79 Å². The molecule has 1 aliphatic heterocycles. The third kappa shape index (κ3) is 10.9. The Morgan fingerprint density at radius 2 is 1.54 bits per heavy atom. The average molecular weight is 688 g/mol. The van der Waals surface area contributed by atoms with E-state index >= 15 is 0 Å². The van der Waals surface area contributed by atoms with Crippen molar-refractivity contribution in [2.24, 2.45) is 0 Å². The number of ether oxygens (including phenoxy) is 1. The Kier molecular flexibility index (Phi) is 16.0. The largest absolute Gasteiger partial charge is 0.466 e. The molecule has 1 aliphatic rings. The molecular weight excluding hydrogens is 631 g/mol. The summed E-state index contributed by atoms with van der Waals surface area (Å²) in [6.07, 6.45) is 23.6. The van der Waals surface area contributed by atoms with Crippen LogP contribution in [0.15, 0.2) is 94.9 Å². The summed E-state index contributed by atoms with van der Waals surface area (Å²) in [6, 6.07) is 17.2. The van der Waals surface area contributed by atoms with Crippen LogP contribution in [0.2, 0.25) is 0 Å². The smallest absolute Gasteiger partial charge is 0.307 e. The minimum atomic E-state index is -0.113. The number of allylic oxidation sites excluding steroid dienone is 6. The minimum absolute atomic E-state index is 0.113. The van der Waals surface area contributed by atoms with Gasteiger partial charge in [-0.25, -0.2) is 0 Å². The first-order valence-corrected chi connectivity index (χ1v) is 19.9. The van der Waals surface area contributed by atoms with Gasteiger partial charge < -0.3 is 14.1 Å². The summed E-state index contributed by atoms with van der Waals surface area (Å²) in [7, 11) is 0. The second-order valence-corrected chi connectivity index (χ2v) is 14.6. The fourth-order valence-electron chi connectivity index (χ4n) is 6.34. The summed E-state index contributed by atoms with van der Waals surface area (Å²) in [5, 5.41) is 2.42. The lowest BCUT2D eigenvalue weighted by Gasteiger charge is -2.35. The molecule has 0 radical (unpaired) electrons. The number of hydrogen-bond acceptors (Lipinski definition) is 5. The Bertz CT molecular complexity index is 1540. The molecule has 0 unspecified atom stereocenters. The van der Waals surface area contributed by atoms with Crippen molar-refractivity contribution < 1.29 is 18.6 Å². The number of unbranched alkanes of at least 4 members (excludes halogenated alkanes) is 5. The highest BCUT2D eigenvalue weighted by Crippen LogP contribution is 2.45. The van der Waals surface area contributed by atoms with E-state index in [1.165, 1.54) is 82.9 Å². The first-order valence-electron chi connectivity index (χ1n) is 18.2. The number of aryl methyl sites for hydroxylation is 1. The molecule has 1 aromatic heterocycles. The average Bonchev–Trinajstić information content (AvgIpc) is 3.65. The summed E-state index contributed by atoms with van der Waals surface area (Å²) in [4.78, 5) is 16.0. The predicted octanol–water partition coefficient (Wildman–Crippen LogP) is 10.3. The summed E-state index contributed by atoms with van der Waals surface area (Å²) in [6.45, 7) is 16.2. The van der Waals surface area contributed by atoms with Crippen molar-refractivity contribution in [3.8, 4) is 0 Å². The Morgan fingerprint density at radius 1 is 0.833 bits per heavy atom. The molecule has 0 fully saturated rings. The number of hydrogen-bond donors (Lipinski definition) is 0. The third-order valence-corrected chi connectivity index (χ3v) is 11.8. The maximum Gasteiger partial charge on any atom is 0.307 e. The number of nitrogens with zero attached hydrogens (tertiary/aromatic N) is 3. The minimum Gasteiger partial charge on any atom is -0.466 e. The highest BCUT2D eigenvalue weighted by atomic mass is 32.2. The van der Waals surface area contributed by atoms with Gasteiger partial charge in [-0.05, 0) is 51.5 Å². The van der Waals surface area contributed by atoms with Crippen LogP contribution in [-0.4, -0.2) is 49.8 Å². The zero-order valence-electron chi connectivity index (χ0n) is 29.7. The number of anilines is 1. The molecule has 0 aliphatic carbocycles. The first kappa shape index (κ1) is 37.7. The number of fused-ring (bicyclic) bond motifs is 2. The van der Waals surface area contributed by atoms with Gasteiger partial charge in [0.25, 0.3) is 5.01 Å². The fraction of sp³-hybridized carbons (Fsp3) is 0.463. The van der Waals surface area contributed by atoms with E-state index in [-0.39, 0.29) is 5.97 Å². The fourth-order valence-corrected chi connectivity index (χ4v) is 8.54. The molecule has 0 bridgehead atoms. The number of aromatic nitrogens is 1. The number of benzene rings is 2. The van der Waals surface area contributed by atoms with Crippen LogP contribution in [0.3, 0.4) is 0 Å². The van der Waals surface area contributed by atoms with Gasteiger partial charge >= 0.3 is 5.97 Å². The van der Waals surface area contributed by atoms with Gasteiger partial charge in [0.2, 0.25) is 5.52 Å². The second-order valence-electron chi connectivity index (χ2n) is 12.5. The lowest BCUT2D eigenvalue weighted by Crippen LogP contribution is -2.49. The molecule has 0 N–H and O–H groups in total.